The summed E-state index contributed by atoms with van der Waals surface area (Å²) >= 11 is 0. The Balaban J connectivity index is 1.76. The van der Waals surface area contributed by atoms with Crippen LogP contribution in [0.5, 0.6) is 0 Å². The number of benzene rings is 3. The zero-order chi connectivity index (χ0) is 20.4. The fraction of sp³-hybridized carbons (Fsp3) is 0.125. The molecule has 0 aromatic heterocycles. The number of Topliss-reactive ketones (excluding diaryl/α,β-unsaturated/α-hetero) is 1. The van der Waals surface area contributed by atoms with E-state index in [-0.39, 0.29) is 18.1 Å². The number of anilines is 1. The van der Waals surface area contributed by atoms with Gasteiger partial charge >= 0.3 is 0 Å². The van der Waals surface area contributed by atoms with Crippen LogP contribution >= 0.6 is 0 Å². The number of rotatable bonds is 4. The van der Waals surface area contributed by atoms with E-state index < -0.39 is 10.0 Å². The highest BCUT2D eigenvalue weighted by Gasteiger charge is 2.33. The molecule has 5 heteroatoms. The predicted octanol–water partition coefficient (Wildman–Crippen LogP) is 4.61. The molecule has 0 aliphatic carbocycles. The van der Waals surface area contributed by atoms with Crippen LogP contribution < -0.4 is 4.31 Å². The number of ketones is 1. The van der Waals surface area contributed by atoms with E-state index in [0.29, 0.717) is 22.4 Å². The highest BCUT2D eigenvalue weighted by Crippen LogP contribution is 2.33. The van der Waals surface area contributed by atoms with E-state index in [9.17, 15) is 13.2 Å². The summed E-state index contributed by atoms with van der Waals surface area (Å²) in [7, 11) is -3.66. The molecule has 0 N–H and O–H groups in total. The van der Waals surface area contributed by atoms with Crippen LogP contribution in [0.1, 0.15) is 27.0 Å². The summed E-state index contributed by atoms with van der Waals surface area (Å²) in [6, 6.07) is 23.8. The van der Waals surface area contributed by atoms with E-state index in [4.69, 9.17) is 0 Å². The van der Waals surface area contributed by atoms with Crippen molar-refractivity contribution in [3.05, 3.63) is 107 Å². The monoisotopic (exact) mass is 403 g/mol. The number of nitrogens with zero attached hydrogens (tertiary/aromatic N) is 1. The van der Waals surface area contributed by atoms with E-state index >= 15 is 0 Å². The molecule has 1 aliphatic heterocycles. The molecule has 0 atom stereocenters. The van der Waals surface area contributed by atoms with Crippen LogP contribution in [-0.2, 0) is 15.8 Å². The first-order chi connectivity index (χ1) is 13.9. The SMILES string of the molecule is Cc1ccc(/C=C2\CN(S(=O)(=O)Cc3ccccc3)c3ccccc3C2=O)cc1. The highest BCUT2D eigenvalue weighted by atomic mass is 32.2. The number of carbonyl (C=O) groups is 1. The summed E-state index contributed by atoms with van der Waals surface area (Å²) in [6.07, 6.45) is 1.78. The van der Waals surface area contributed by atoms with Crippen molar-refractivity contribution < 1.29 is 13.2 Å². The topological polar surface area (TPSA) is 54.5 Å². The van der Waals surface area contributed by atoms with Gasteiger partial charge in [-0.1, -0.05) is 72.3 Å². The Morgan fingerprint density at radius 1 is 0.897 bits per heavy atom. The van der Waals surface area contributed by atoms with Gasteiger partial charge in [-0.05, 0) is 36.3 Å². The minimum absolute atomic E-state index is 0.0267. The third kappa shape index (κ3) is 4.00. The van der Waals surface area contributed by atoms with Gasteiger partial charge in [0.05, 0.1) is 18.0 Å². The molecule has 4 rings (SSSR count). The van der Waals surface area contributed by atoms with Crippen LogP contribution in [0.15, 0.2) is 84.4 Å². The third-order valence-electron chi connectivity index (χ3n) is 4.97. The summed E-state index contributed by atoms with van der Waals surface area (Å²) in [5.41, 5.74) is 4.02. The zero-order valence-electron chi connectivity index (χ0n) is 16.1. The Kier molecular flexibility index (Phi) is 5.07. The largest absolute Gasteiger partial charge is 0.289 e. The van der Waals surface area contributed by atoms with E-state index in [2.05, 4.69) is 0 Å². The fourth-order valence-electron chi connectivity index (χ4n) is 3.45. The molecule has 0 radical (unpaired) electrons. The van der Waals surface area contributed by atoms with Gasteiger partial charge in [-0.25, -0.2) is 8.42 Å². The van der Waals surface area contributed by atoms with Gasteiger partial charge in [-0.2, -0.15) is 0 Å². The Labute approximate surface area is 171 Å². The van der Waals surface area contributed by atoms with Crippen molar-refractivity contribution in [2.75, 3.05) is 10.8 Å². The maximum Gasteiger partial charge on any atom is 0.239 e. The average molecular weight is 404 g/mol. The van der Waals surface area contributed by atoms with Crippen LogP contribution in [0.25, 0.3) is 6.08 Å². The van der Waals surface area contributed by atoms with Crippen molar-refractivity contribution in [3.63, 3.8) is 0 Å². The third-order valence-corrected chi connectivity index (χ3v) is 6.66. The van der Waals surface area contributed by atoms with E-state index in [1.54, 1.807) is 42.5 Å². The Bertz CT molecular complexity index is 1180. The molecule has 0 spiro atoms. The van der Waals surface area contributed by atoms with E-state index in [1.807, 2.05) is 49.4 Å². The van der Waals surface area contributed by atoms with Gasteiger partial charge in [0.1, 0.15) is 0 Å². The fourth-order valence-corrected chi connectivity index (χ4v) is 5.02. The average Bonchev–Trinajstić information content (AvgIpc) is 2.72. The van der Waals surface area contributed by atoms with Crippen LogP contribution in [0.2, 0.25) is 0 Å². The minimum Gasteiger partial charge on any atom is -0.289 e. The second-order valence-corrected chi connectivity index (χ2v) is 9.07. The Hall–Kier alpha value is -3.18. The summed E-state index contributed by atoms with van der Waals surface area (Å²) in [5.74, 6) is -0.249. The Morgan fingerprint density at radius 2 is 1.55 bits per heavy atom. The van der Waals surface area contributed by atoms with Crippen LogP contribution in [-0.4, -0.2) is 20.7 Å². The lowest BCUT2D eigenvalue weighted by Crippen LogP contribution is -2.39. The number of carbonyl (C=O) groups excluding carboxylic acids is 1. The summed E-state index contributed by atoms with van der Waals surface area (Å²) in [6.45, 7) is 2.02. The number of hydrogen-bond donors (Lipinski definition) is 0. The highest BCUT2D eigenvalue weighted by molar-refractivity contribution is 7.92. The Morgan fingerprint density at radius 3 is 2.28 bits per heavy atom. The lowest BCUT2D eigenvalue weighted by atomic mass is 9.96. The number of aryl methyl sites for hydroxylation is 1. The molecule has 29 heavy (non-hydrogen) atoms. The van der Waals surface area contributed by atoms with Crippen molar-refractivity contribution in [2.24, 2.45) is 0 Å². The van der Waals surface area contributed by atoms with Crippen molar-refractivity contribution in [1.82, 2.24) is 0 Å². The van der Waals surface area contributed by atoms with Gasteiger partial charge in [0.25, 0.3) is 0 Å². The predicted molar refractivity (Wildman–Crippen MR) is 116 cm³/mol. The first-order valence-electron chi connectivity index (χ1n) is 9.39. The number of para-hydroxylation sites is 1. The zero-order valence-corrected chi connectivity index (χ0v) is 16.9. The van der Waals surface area contributed by atoms with Crippen molar-refractivity contribution in [1.29, 1.82) is 0 Å². The molecule has 0 amide bonds. The van der Waals surface area contributed by atoms with Crippen molar-refractivity contribution >= 4 is 27.6 Å². The maximum atomic E-state index is 13.3. The van der Waals surface area contributed by atoms with Gasteiger partial charge in [0, 0.05) is 11.1 Å². The normalized spacial score (nSPS) is 15.4. The first-order valence-corrected chi connectivity index (χ1v) is 11.0. The lowest BCUT2D eigenvalue weighted by Gasteiger charge is -2.31. The number of sulfonamides is 1. The van der Waals surface area contributed by atoms with E-state index in [1.165, 1.54) is 4.31 Å². The smallest absolute Gasteiger partial charge is 0.239 e. The second kappa shape index (κ2) is 7.68. The van der Waals surface area contributed by atoms with Crippen LogP contribution in [0.4, 0.5) is 5.69 Å². The maximum absolute atomic E-state index is 13.3. The van der Waals surface area contributed by atoms with Crippen LogP contribution in [0.3, 0.4) is 0 Å². The molecule has 3 aromatic rings. The summed E-state index contributed by atoms with van der Waals surface area (Å²) in [4.78, 5) is 13.0. The summed E-state index contributed by atoms with van der Waals surface area (Å²) in [5, 5.41) is 0. The quantitative estimate of drug-likeness (QED) is 0.598. The molecule has 0 saturated heterocycles. The molecule has 1 heterocycles. The molecule has 0 saturated carbocycles. The standard InChI is InChI=1S/C24H21NO3S/c1-18-11-13-19(14-12-18)15-21-16-25(23-10-6-5-9-22(23)24(21)26)29(27,28)17-20-7-3-2-4-8-20/h2-15H,16-17H2,1H3/b21-15+. The molecule has 3 aromatic carbocycles. The molecule has 0 unspecified atom stereocenters. The molecular formula is C24H21NO3S. The first kappa shape index (κ1) is 19.2. The second-order valence-electron chi connectivity index (χ2n) is 7.17. The van der Waals surface area contributed by atoms with Gasteiger partial charge in [-0.3, -0.25) is 9.10 Å². The van der Waals surface area contributed by atoms with Gasteiger partial charge in [-0.15, -0.1) is 0 Å². The molecule has 0 fully saturated rings. The molecule has 4 nitrogen and oxygen atoms in total. The van der Waals surface area contributed by atoms with Crippen molar-refractivity contribution in [2.45, 2.75) is 12.7 Å². The number of fused-ring (bicyclic) bond motifs is 1. The van der Waals surface area contributed by atoms with Crippen LogP contribution in [0, 0.1) is 6.92 Å². The van der Waals surface area contributed by atoms with Crippen molar-refractivity contribution in [3.8, 4) is 0 Å². The van der Waals surface area contributed by atoms with Gasteiger partial charge in [0.2, 0.25) is 10.0 Å². The lowest BCUT2D eigenvalue weighted by molar-refractivity contribution is 0.103. The molecule has 146 valence electrons. The molecule has 1 aliphatic rings. The minimum atomic E-state index is -3.66. The number of hydrogen-bond acceptors (Lipinski definition) is 3. The van der Waals surface area contributed by atoms with Gasteiger partial charge in [0.15, 0.2) is 5.78 Å². The van der Waals surface area contributed by atoms with E-state index in [0.717, 1.165) is 11.1 Å². The summed E-state index contributed by atoms with van der Waals surface area (Å²) < 4.78 is 27.9. The molecular weight excluding hydrogens is 382 g/mol. The van der Waals surface area contributed by atoms with Gasteiger partial charge < -0.3 is 0 Å². The molecule has 0 bridgehead atoms.